The number of methoxy groups -OCH3 is 2. The quantitative estimate of drug-likeness (QED) is 0.721. The number of ether oxygens (including phenoxy) is 2. The van der Waals surface area contributed by atoms with Crippen LogP contribution in [-0.2, 0) is 6.42 Å². The molecule has 0 aliphatic heterocycles. The number of anilines is 1. The van der Waals surface area contributed by atoms with Crippen molar-refractivity contribution < 1.29 is 14.3 Å². The van der Waals surface area contributed by atoms with E-state index in [1.54, 1.807) is 26.6 Å². The van der Waals surface area contributed by atoms with Crippen LogP contribution >= 0.6 is 0 Å². The molecular formula is C20H27N3O3. The molecule has 1 aromatic carbocycles. The van der Waals surface area contributed by atoms with Crippen LogP contribution in [0.1, 0.15) is 29.8 Å². The number of nitrogens with one attached hydrogen (secondary N) is 2. The minimum atomic E-state index is -0.133. The average molecular weight is 357 g/mol. The molecule has 0 aliphatic carbocycles. The van der Waals surface area contributed by atoms with Gasteiger partial charge >= 0.3 is 0 Å². The summed E-state index contributed by atoms with van der Waals surface area (Å²) in [6, 6.07) is 7.57. The number of nitrogens with zero attached hydrogens (tertiary/aromatic N) is 1. The maximum atomic E-state index is 12.3. The third-order valence-corrected chi connectivity index (χ3v) is 3.86. The van der Waals surface area contributed by atoms with Gasteiger partial charge in [-0.25, -0.2) is 0 Å². The summed E-state index contributed by atoms with van der Waals surface area (Å²) in [5.41, 5.74) is 2.46. The molecule has 0 radical (unpaired) electrons. The van der Waals surface area contributed by atoms with E-state index < -0.39 is 0 Å². The molecule has 1 heterocycles. The second-order valence-electron chi connectivity index (χ2n) is 6.43. The SMILES string of the molecule is COc1ccc(CCNC(=O)c2cncc(NCC(C)C)c2)cc1OC. The summed E-state index contributed by atoms with van der Waals surface area (Å²) < 4.78 is 10.5. The molecule has 0 saturated carbocycles. The Kier molecular flexibility index (Phi) is 7.26. The Hall–Kier alpha value is -2.76. The van der Waals surface area contributed by atoms with E-state index in [0.717, 1.165) is 17.8 Å². The van der Waals surface area contributed by atoms with Crippen LogP contribution in [-0.4, -0.2) is 38.2 Å². The summed E-state index contributed by atoms with van der Waals surface area (Å²) in [4.78, 5) is 16.5. The highest BCUT2D eigenvalue weighted by molar-refractivity contribution is 5.94. The summed E-state index contributed by atoms with van der Waals surface area (Å²) in [5.74, 6) is 1.77. The zero-order chi connectivity index (χ0) is 18.9. The van der Waals surface area contributed by atoms with Gasteiger partial charge in [0.25, 0.3) is 5.91 Å². The van der Waals surface area contributed by atoms with Gasteiger partial charge < -0.3 is 20.1 Å². The first-order valence-corrected chi connectivity index (χ1v) is 8.71. The molecule has 0 atom stereocenters. The van der Waals surface area contributed by atoms with Gasteiger partial charge in [-0.15, -0.1) is 0 Å². The third kappa shape index (κ3) is 5.65. The Morgan fingerprint density at radius 2 is 1.88 bits per heavy atom. The predicted molar refractivity (Wildman–Crippen MR) is 103 cm³/mol. The van der Waals surface area contributed by atoms with Gasteiger partial charge in [-0.1, -0.05) is 19.9 Å². The summed E-state index contributed by atoms with van der Waals surface area (Å²) in [7, 11) is 3.21. The second kappa shape index (κ2) is 9.65. The lowest BCUT2D eigenvalue weighted by atomic mass is 10.1. The molecule has 1 aromatic heterocycles. The monoisotopic (exact) mass is 357 g/mol. The van der Waals surface area contributed by atoms with Crippen molar-refractivity contribution >= 4 is 11.6 Å². The van der Waals surface area contributed by atoms with Gasteiger partial charge in [0.1, 0.15) is 0 Å². The molecule has 0 aliphatic rings. The molecule has 6 nitrogen and oxygen atoms in total. The van der Waals surface area contributed by atoms with E-state index in [4.69, 9.17) is 9.47 Å². The van der Waals surface area contributed by atoms with Crippen molar-refractivity contribution in [1.82, 2.24) is 10.3 Å². The second-order valence-corrected chi connectivity index (χ2v) is 6.43. The number of aromatic nitrogens is 1. The van der Waals surface area contributed by atoms with Gasteiger partial charge in [0, 0.05) is 25.5 Å². The molecule has 0 unspecified atom stereocenters. The van der Waals surface area contributed by atoms with Crippen molar-refractivity contribution in [3.8, 4) is 11.5 Å². The van der Waals surface area contributed by atoms with Crippen LogP contribution in [0.25, 0.3) is 0 Å². The lowest BCUT2D eigenvalue weighted by Gasteiger charge is -2.11. The van der Waals surface area contributed by atoms with Gasteiger partial charge in [-0.2, -0.15) is 0 Å². The Balaban J connectivity index is 1.90. The summed E-state index contributed by atoms with van der Waals surface area (Å²) in [6.45, 7) is 5.63. The van der Waals surface area contributed by atoms with Crippen molar-refractivity contribution in [2.75, 3.05) is 32.6 Å². The van der Waals surface area contributed by atoms with E-state index in [2.05, 4.69) is 29.5 Å². The van der Waals surface area contributed by atoms with E-state index in [9.17, 15) is 4.79 Å². The third-order valence-electron chi connectivity index (χ3n) is 3.86. The van der Waals surface area contributed by atoms with Crippen LogP contribution in [0.3, 0.4) is 0 Å². The molecule has 140 valence electrons. The fourth-order valence-corrected chi connectivity index (χ4v) is 2.44. The molecule has 0 bridgehead atoms. The molecule has 0 fully saturated rings. The smallest absolute Gasteiger partial charge is 0.252 e. The standard InChI is InChI=1S/C20H27N3O3/c1-14(2)11-23-17-10-16(12-21-13-17)20(24)22-8-7-15-5-6-18(25-3)19(9-15)26-4/h5-6,9-10,12-14,23H,7-8,11H2,1-4H3,(H,22,24). The first-order valence-electron chi connectivity index (χ1n) is 8.71. The zero-order valence-electron chi connectivity index (χ0n) is 15.8. The van der Waals surface area contributed by atoms with E-state index in [1.165, 1.54) is 0 Å². The fourth-order valence-electron chi connectivity index (χ4n) is 2.44. The maximum Gasteiger partial charge on any atom is 0.252 e. The number of benzene rings is 1. The van der Waals surface area contributed by atoms with Crippen LogP contribution in [0.15, 0.2) is 36.7 Å². The average Bonchev–Trinajstić information content (AvgIpc) is 2.66. The number of carbonyl (C=O) groups excluding carboxylic acids is 1. The normalized spacial score (nSPS) is 10.5. The largest absolute Gasteiger partial charge is 0.493 e. The highest BCUT2D eigenvalue weighted by Gasteiger charge is 2.08. The Morgan fingerprint density at radius 1 is 1.12 bits per heavy atom. The number of carbonyl (C=O) groups is 1. The molecule has 1 amide bonds. The Bertz CT molecular complexity index is 732. The molecule has 26 heavy (non-hydrogen) atoms. The van der Waals surface area contributed by atoms with Crippen LogP contribution in [0.4, 0.5) is 5.69 Å². The number of hydrogen-bond donors (Lipinski definition) is 2. The van der Waals surface area contributed by atoms with E-state index >= 15 is 0 Å². The molecule has 2 aromatic rings. The lowest BCUT2D eigenvalue weighted by Crippen LogP contribution is -2.26. The summed E-state index contributed by atoms with van der Waals surface area (Å²) >= 11 is 0. The topological polar surface area (TPSA) is 72.5 Å². The van der Waals surface area contributed by atoms with Crippen molar-refractivity contribution in [2.24, 2.45) is 5.92 Å². The van der Waals surface area contributed by atoms with Gasteiger partial charge in [-0.05, 0) is 36.1 Å². The molecular weight excluding hydrogens is 330 g/mol. The van der Waals surface area contributed by atoms with Gasteiger partial charge in [0.2, 0.25) is 0 Å². The van der Waals surface area contributed by atoms with Crippen LogP contribution in [0.2, 0.25) is 0 Å². The van der Waals surface area contributed by atoms with Gasteiger partial charge in [0.15, 0.2) is 11.5 Å². The fraction of sp³-hybridized carbons (Fsp3) is 0.400. The Labute approximate surface area is 154 Å². The molecule has 0 spiro atoms. The van der Waals surface area contributed by atoms with Crippen LogP contribution in [0, 0.1) is 5.92 Å². The minimum absolute atomic E-state index is 0.133. The number of amides is 1. The molecule has 2 N–H and O–H groups in total. The minimum Gasteiger partial charge on any atom is -0.493 e. The van der Waals surface area contributed by atoms with Crippen LogP contribution in [0.5, 0.6) is 11.5 Å². The van der Waals surface area contributed by atoms with Gasteiger partial charge in [0.05, 0.1) is 25.5 Å². The van der Waals surface area contributed by atoms with Crippen molar-refractivity contribution in [2.45, 2.75) is 20.3 Å². The number of pyridine rings is 1. The van der Waals surface area contributed by atoms with Crippen molar-refractivity contribution in [1.29, 1.82) is 0 Å². The van der Waals surface area contributed by atoms with E-state index in [1.807, 2.05) is 24.3 Å². The summed E-state index contributed by atoms with van der Waals surface area (Å²) in [6.07, 6.45) is 4.00. The first kappa shape index (κ1) is 19.6. The highest BCUT2D eigenvalue weighted by Crippen LogP contribution is 2.27. The zero-order valence-corrected chi connectivity index (χ0v) is 15.8. The molecule has 6 heteroatoms. The molecule has 0 saturated heterocycles. The van der Waals surface area contributed by atoms with Crippen LogP contribution < -0.4 is 20.1 Å². The highest BCUT2D eigenvalue weighted by atomic mass is 16.5. The van der Waals surface area contributed by atoms with Gasteiger partial charge in [-0.3, -0.25) is 9.78 Å². The number of rotatable bonds is 9. The molecule has 2 rings (SSSR count). The summed E-state index contributed by atoms with van der Waals surface area (Å²) in [5, 5.41) is 6.20. The Morgan fingerprint density at radius 3 is 2.58 bits per heavy atom. The maximum absolute atomic E-state index is 12.3. The first-order chi connectivity index (χ1) is 12.5. The van der Waals surface area contributed by atoms with Crippen molar-refractivity contribution in [3.63, 3.8) is 0 Å². The van der Waals surface area contributed by atoms with E-state index in [-0.39, 0.29) is 5.91 Å². The van der Waals surface area contributed by atoms with Crippen molar-refractivity contribution in [3.05, 3.63) is 47.8 Å². The van der Waals surface area contributed by atoms with E-state index in [0.29, 0.717) is 35.9 Å². The predicted octanol–water partition coefficient (Wildman–Crippen LogP) is 3.14. The lowest BCUT2D eigenvalue weighted by molar-refractivity contribution is 0.0954. The number of hydrogen-bond acceptors (Lipinski definition) is 5.